The Balaban J connectivity index is 1.45. The molecule has 0 aliphatic rings. The highest BCUT2D eigenvalue weighted by atomic mass is 16.5. The standard InChI is InChI=1S/C20H17N5O2/c1-26-17-7-4-15(5-8-17)19-24-20(27-25-19)16-6-9-18(23-13-16)22-12-14-3-2-10-21-11-14/h2-11,13H,12H2,1H3,(H,22,23). The minimum atomic E-state index is 0.423. The van der Waals surface area contributed by atoms with Crippen LogP contribution in [0, 0.1) is 0 Å². The Morgan fingerprint density at radius 3 is 2.56 bits per heavy atom. The average Bonchev–Trinajstić information content (AvgIpc) is 3.24. The maximum Gasteiger partial charge on any atom is 0.259 e. The van der Waals surface area contributed by atoms with Crippen LogP contribution in [-0.2, 0) is 6.54 Å². The summed E-state index contributed by atoms with van der Waals surface area (Å²) in [5, 5.41) is 7.29. The number of rotatable bonds is 6. The number of hydrogen-bond acceptors (Lipinski definition) is 7. The number of aromatic nitrogens is 4. The zero-order valence-electron chi connectivity index (χ0n) is 14.7. The molecule has 0 spiro atoms. The topological polar surface area (TPSA) is 86.0 Å². The van der Waals surface area contributed by atoms with E-state index in [1.807, 2.05) is 54.7 Å². The lowest BCUT2D eigenvalue weighted by Gasteiger charge is -2.05. The molecule has 0 unspecified atom stereocenters. The summed E-state index contributed by atoms with van der Waals surface area (Å²) in [6.07, 6.45) is 5.28. The van der Waals surface area contributed by atoms with Crippen LogP contribution in [-0.4, -0.2) is 27.2 Å². The van der Waals surface area contributed by atoms with Crippen LogP contribution in [0.15, 0.2) is 71.6 Å². The molecule has 3 aromatic heterocycles. The first-order chi connectivity index (χ1) is 13.3. The number of nitrogens with one attached hydrogen (secondary N) is 1. The van der Waals surface area contributed by atoms with Crippen LogP contribution >= 0.6 is 0 Å². The highest BCUT2D eigenvalue weighted by molar-refractivity contribution is 5.60. The van der Waals surface area contributed by atoms with Gasteiger partial charge in [0.05, 0.1) is 12.7 Å². The second-order valence-corrected chi connectivity index (χ2v) is 5.80. The molecule has 0 fully saturated rings. The number of methoxy groups -OCH3 is 1. The number of ether oxygens (including phenoxy) is 1. The largest absolute Gasteiger partial charge is 0.497 e. The predicted molar refractivity (Wildman–Crippen MR) is 101 cm³/mol. The van der Waals surface area contributed by atoms with Gasteiger partial charge in [-0.2, -0.15) is 4.98 Å². The SMILES string of the molecule is COc1ccc(-c2noc(-c3ccc(NCc4cccnc4)nc3)n2)cc1. The second-order valence-electron chi connectivity index (χ2n) is 5.80. The molecule has 4 aromatic rings. The summed E-state index contributed by atoms with van der Waals surface area (Å²) in [6, 6.07) is 15.2. The van der Waals surface area contributed by atoms with Crippen molar-refractivity contribution in [3.05, 3.63) is 72.7 Å². The summed E-state index contributed by atoms with van der Waals surface area (Å²) in [5.41, 5.74) is 2.70. The van der Waals surface area contributed by atoms with Crippen LogP contribution in [0.3, 0.4) is 0 Å². The molecule has 0 saturated carbocycles. The minimum Gasteiger partial charge on any atom is -0.497 e. The zero-order chi connectivity index (χ0) is 18.5. The molecule has 0 aliphatic heterocycles. The van der Waals surface area contributed by atoms with Crippen molar-refractivity contribution < 1.29 is 9.26 Å². The normalized spacial score (nSPS) is 10.6. The molecule has 0 amide bonds. The first kappa shape index (κ1) is 16.7. The van der Waals surface area contributed by atoms with E-state index in [0.29, 0.717) is 18.3 Å². The summed E-state index contributed by atoms with van der Waals surface area (Å²) in [6.45, 7) is 0.655. The van der Waals surface area contributed by atoms with Crippen molar-refractivity contribution >= 4 is 5.82 Å². The van der Waals surface area contributed by atoms with Crippen molar-refractivity contribution in [1.29, 1.82) is 0 Å². The van der Waals surface area contributed by atoms with Gasteiger partial charge in [0, 0.05) is 30.7 Å². The van der Waals surface area contributed by atoms with Gasteiger partial charge in [0.2, 0.25) is 5.82 Å². The Labute approximate surface area is 156 Å². The maximum absolute atomic E-state index is 5.37. The van der Waals surface area contributed by atoms with Gasteiger partial charge in [0.25, 0.3) is 5.89 Å². The number of hydrogen-bond donors (Lipinski definition) is 1. The molecular formula is C20H17N5O2. The molecule has 0 atom stereocenters. The molecule has 0 radical (unpaired) electrons. The fraction of sp³-hybridized carbons (Fsp3) is 0.100. The van der Waals surface area contributed by atoms with Gasteiger partial charge in [0.1, 0.15) is 11.6 Å². The summed E-state index contributed by atoms with van der Waals surface area (Å²) in [7, 11) is 1.63. The smallest absolute Gasteiger partial charge is 0.259 e. The molecule has 0 bridgehead atoms. The van der Waals surface area contributed by atoms with Gasteiger partial charge in [-0.05, 0) is 48.0 Å². The number of anilines is 1. The third kappa shape index (κ3) is 3.92. The fourth-order valence-corrected chi connectivity index (χ4v) is 2.52. The minimum absolute atomic E-state index is 0.423. The van der Waals surface area contributed by atoms with Gasteiger partial charge < -0.3 is 14.6 Å². The van der Waals surface area contributed by atoms with Gasteiger partial charge in [-0.3, -0.25) is 4.98 Å². The lowest BCUT2D eigenvalue weighted by molar-refractivity contribution is 0.415. The van der Waals surface area contributed by atoms with Crippen molar-refractivity contribution in [2.45, 2.75) is 6.54 Å². The molecule has 0 saturated heterocycles. The maximum atomic E-state index is 5.37. The highest BCUT2D eigenvalue weighted by Crippen LogP contribution is 2.24. The van der Waals surface area contributed by atoms with Crippen molar-refractivity contribution in [2.75, 3.05) is 12.4 Å². The van der Waals surface area contributed by atoms with E-state index in [2.05, 4.69) is 25.4 Å². The number of pyridine rings is 2. The van der Waals surface area contributed by atoms with Crippen LogP contribution < -0.4 is 10.1 Å². The van der Waals surface area contributed by atoms with Gasteiger partial charge in [0.15, 0.2) is 0 Å². The third-order valence-corrected chi connectivity index (χ3v) is 3.98. The lowest BCUT2D eigenvalue weighted by atomic mass is 10.2. The molecule has 0 aliphatic carbocycles. The van der Waals surface area contributed by atoms with Crippen LogP contribution in [0.5, 0.6) is 5.75 Å². The molecule has 7 heteroatoms. The van der Waals surface area contributed by atoms with E-state index in [9.17, 15) is 0 Å². The summed E-state index contributed by atoms with van der Waals surface area (Å²) in [4.78, 5) is 12.9. The van der Waals surface area contributed by atoms with Gasteiger partial charge in [-0.25, -0.2) is 4.98 Å². The summed E-state index contributed by atoms with van der Waals surface area (Å²) >= 11 is 0. The summed E-state index contributed by atoms with van der Waals surface area (Å²) in [5.74, 6) is 2.48. The Morgan fingerprint density at radius 1 is 1.00 bits per heavy atom. The van der Waals surface area contributed by atoms with E-state index >= 15 is 0 Å². The molecule has 7 nitrogen and oxygen atoms in total. The Bertz CT molecular complexity index is 999. The third-order valence-electron chi connectivity index (χ3n) is 3.98. The van der Waals surface area contributed by atoms with Gasteiger partial charge >= 0.3 is 0 Å². The van der Waals surface area contributed by atoms with Crippen LogP contribution in [0.2, 0.25) is 0 Å². The monoisotopic (exact) mass is 359 g/mol. The predicted octanol–water partition coefficient (Wildman–Crippen LogP) is 3.81. The zero-order valence-corrected chi connectivity index (χ0v) is 14.7. The highest BCUT2D eigenvalue weighted by Gasteiger charge is 2.11. The molecular weight excluding hydrogens is 342 g/mol. The fourth-order valence-electron chi connectivity index (χ4n) is 2.52. The van der Waals surface area contributed by atoms with Crippen molar-refractivity contribution in [3.8, 4) is 28.6 Å². The van der Waals surface area contributed by atoms with Crippen LogP contribution in [0.4, 0.5) is 5.82 Å². The van der Waals surface area contributed by atoms with Crippen molar-refractivity contribution in [2.24, 2.45) is 0 Å². The summed E-state index contributed by atoms with van der Waals surface area (Å²) < 4.78 is 10.5. The molecule has 1 aromatic carbocycles. The van der Waals surface area contributed by atoms with E-state index in [-0.39, 0.29) is 0 Å². The Hall–Kier alpha value is -3.74. The molecule has 3 heterocycles. The Kier molecular flexibility index (Phi) is 4.74. The Morgan fingerprint density at radius 2 is 1.85 bits per heavy atom. The van der Waals surface area contributed by atoms with Crippen molar-refractivity contribution in [1.82, 2.24) is 20.1 Å². The van der Waals surface area contributed by atoms with E-state index in [4.69, 9.17) is 9.26 Å². The number of benzene rings is 1. The quantitative estimate of drug-likeness (QED) is 0.560. The van der Waals surface area contributed by atoms with E-state index in [1.54, 1.807) is 19.5 Å². The van der Waals surface area contributed by atoms with Crippen molar-refractivity contribution in [3.63, 3.8) is 0 Å². The second kappa shape index (κ2) is 7.65. The molecule has 134 valence electrons. The average molecular weight is 359 g/mol. The number of nitrogens with zero attached hydrogens (tertiary/aromatic N) is 4. The van der Waals surface area contributed by atoms with E-state index in [1.165, 1.54) is 0 Å². The van der Waals surface area contributed by atoms with E-state index < -0.39 is 0 Å². The van der Waals surface area contributed by atoms with Gasteiger partial charge in [-0.15, -0.1) is 0 Å². The van der Waals surface area contributed by atoms with Crippen LogP contribution in [0.1, 0.15) is 5.56 Å². The molecule has 4 rings (SSSR count). The molecule has 1 N–H and O–H groups in total. The first-order valence-corrected chi connectivity index (χ1v) is 8.39. The first-order valence-electron chi connectivity index (χ1n) is 8.39. The molecule has 27 heavy (non-hydrogen) atoms. The van der Waals surface area contributed by atoms with Crippen LogP contribution in [0.25, 0.3) is 22.8 Å². The van der Waals surface area contributed by atoms with E-state index in [0.717, 1.165) is 28.3 Å². The lowest BCUT2D eigenvalue weighted by Crippen LogP contribution is -2.01. The van der Waals surface area contributed by atoms with Gasteiger partial charge in [-0.1, -0.05) is 11.2 Å².